The van der Waals surface area contributed by atoms with Gasteiger partial charge in [0.2, 0.25) is 11.8 Å². The lowest BCUT2D eigenvalue weighted by Gasteiger charge is -2.40. The molecule has 0 fully saturated rings. The van der Waals surface area contributed by atoms with E-state index in [1.807, 2.05) is 111 Å². The topological polar surface area (TPSA) is 45.6 Å². The van der Waals surface area contributed by atoms with E-state index in [9.17, 15) is 9.59 Å². The van der Waals surface area contributed by atoms with Crippen molar-refractivity contribution in [3.63, 3.8) is 0 Å². The Morgan fingerprint density at radius 1 is 0.919 bits per heavy atom. The molecule has 37 heavy (non-hydrogen) atoms. The number of carbonyl (C=O) groups excluding carboxylic acids is 2. The summed E-state index contributed by atoms with van der Waals surface area (Å²) in [5, 5.41) is 0.604. The van der Waals surface area contributed by atoms with Gasteiger partial charge in [-0.1, -0.05) is 66.2 Å². The zero-order valence-electron chi connectivity index (χ0n) is 20.8. The average molecular weight is 510 g/mol. The minimum atomic E-state index is -0.389. The molecule has 0 N–H and O–H groups in total. The van der Waals surface area contributed by atoms with Crippen LogP contribution in [-0.4, -0.2) is 33.9 Å². The van der Waals surface area contributed by atoms with Gasteiger partial charge in [0.05, 0.1) is 17.1 Å². The van der Waals surface area contributed by atoms with Gasteiger partial charge in [-0.3, -0.25) is 14.5 Å². The molecule has 0 bridgehead atoms. The number of carbonyl (C=O) groups is 2. The molecule has 0 saturated carbocycles. The standard InChI is InChI=1S/C31H28ClN3O2/c1-22(2)34(29(36)18-17-23-10-4-3-5-11-23)21-30(37)35-27-15-7-6-14-26(27)33-19-9-16-28(33)31(35)24-12-8-13-25(32)20-24/h3-20,22,31H,21H2,1-2H3. The third-order valence-corrected chi connectivity index (χ3v) is 6.82. The molecule has 1 aromatic heterocycles. The molecule has 2 heterocycles. The summed E-state index contributed by atoms with van der Waals surface area (Å²) in [6.07, 6.45) is 5.32. The first-order chi connectivity index (χ1) is 17.9. The minimum absolute atomic E-state index is 0.0538. The Morgan fingerprint density at radius 2 is 1.65 bits per heavy atom. The van der Waals surface area contributed by atoms with Gasteiger partial charge in [-0.25, -0.2) is 0 Å². The largest absolute Gasteiger partial charge is 0.327 e. The van der Waals surface area contributed by atoms with Crippen molar-refractivity contribution in [2.45, 2.75) is 25.9 Å². The van der Waals surface area contributed by atoms with Crippen molar-refractivity contribution in [1.29, 1.82) is 0 Å². The number of benzene rings is 3. The van der Waals surface area contributed by atoms with E-state index in [1.165, 1.54) is 6.08 Å². The lowest BCUT2D eigenvalue weighted by atomic mass is 9.97. The van der Waals surface area contributed by atoms with Crippen LogP contribution < -0.4 is 4.90 Å². The van der Waals surface area contributed by atoms with E-state index in [4.69, 9.17) is 11.6 Å². The normalized spacial score (nSPS) is 14.5. The molecule has 2 amide bonds. The molecule has 0 saturated heterocycles. The molecule has 0 spiro atoms. The van der Waals surface area contributed by atoms with Gasteiger partial charge in [0.1, 0.15) is 12.6 Å². The number of rotatable bonds is 6. The molecule has 1 aliphatic heterocycles. The number of halogens is 1. The van der Waals surface area contributed by atoms with Gasteiger partial charge in [-0.15, -0.1) is 0 Å². The maximum Gasteiger partial charge on any atom is 0.247 e. The SMILES string of the molecule is CC(C)N(CC(=O)N1c2ccccc2-n2cccc2C1c1cccc(Cl)c1)C(=O)C=Cc1ccccc1. The first kappa shape index (κ1) is 24.6. The zero-order chi connectivity index (χ0) is 25.9. The molecule has 0 aliphatic carbocycles. The summed E-state index contributed by atoms with van der Waals surface area (Å²) >= 11 is 6.37. The van der Waals surface area contributed by atoms with Crippen molar-refractivity contribution in [2.24, 2.45) is 0 Å². The van der Waals surface area contributed by atoms with Crippen LogP contribution in [-0.2, 0) is 9.59 Å². The summed E-state index contributed by atoms with van der Waals surface area (Å²) in [7, 11) is 0. The Morgan fingerprint density at radius 3 is 2.38 bits per heavy atom. The second kappa shape index (κ2) is 10.5. The first-order valence-electron chi connectivity index (χ1n) is 12.3. The van der Waals surface area contributed by atoms with Gasteiger partial charge < -0.3 is 9.47 Å². The number of anilines is 1. The highest BCUT2D eigenvalue weighted by Crippen LogP contribution is 2.42. The summed E-state index contributed by atoms with van der Waals surface area (Å²) in [6.45, 7) is 3.79. The predicted molar refractivity (Wildman–Crippen MR) is 149 cm³/mol. The fourth-order valence-electron chi connectivity index (χ4n) is 4.82. The fraction of sp³-hybridized carbons (Fsp3) is 0.161. The predicted octanol–water partition coefficient (Wildman–Crippen LogP) is 6.52. The van der Waals surface area contributed by atoms with E-state index >= 15 is 0 Å². The first-order valence-corrected chi connectivity index (χ1v) is 12.7. The van der Waals surface area contributed by atoms with E-state index in [-0.39, 0.29) is 30.4 Å². The number of amides is 2. The highest BCUT2D eigenvalue weighted by molar-refractivity contribution is 6.30. The van der Waals surface area contributed by atoms with Crippen molar-refractivity contribution in [1.82, 2.24) is 9.47 Å². The smallest absolute Gasteiger partial charge is 0.247 e. The van der Waals surface area contributed by atoms with Gasteiger partial charge in [0, 0.05) is 23.3 Å². The Kier molecular flexibility index (Phi) is 6.97. The summed E-state index contributed by atoms with van der Waals surface area (Å²) in [5.41, 5.74) is 4.50. The summed E-state index contributed by atoms with van der Waals surface area (Å²) in [5.74, 6) is -0.375. The molecule has 3 aromatic carbocycles. The van der Waals surface area contributed by atoms with Crippen LogP contribution in [0.4, 0.5) is 5.69 Å². The van der Waals surface area contributed by atoms with Crippen LogP contribution in [0.15, 0.2) is 103 Å². The summed E-state index contributed by atoms with van der Waals surface area (Å²) in [6, 6.07) is 28.5. The van der Waals surface area contributed by atoms with Gasteiger partial charge in [-0.2, -0.15) is 0 Å². The average Bonchev–Trinajstić information content (AvgIpc) is 3.40. The van der Waals surface area contributed by atoms with Gasteiger partial charge >= 0.3 is 0 Å². The van der Waals surface area contributed by atoms with Gasteiger partial charge in [-0.05, 0) is 67.4 Å². The van der Waals surface area contributed by atoms with Crippen molar-refractivity contribution in [3.8, 4) is 5.69 Å². The Balaban J connectivity index is 1.52. The lowest BCUT2D eigenvalue weighted by molar-refractivity contribution is -0.133. The molecule has 0 radical (unpaired) electrons. The number of nitrogens with zero attached hydrogens (tertiary/aromatic N) is 3. The third kappa shape index (κ3) is 4.95. The van der Waals surface area contributed by atoms with Gasteiger partial charge in [0.15, 0.2) is 0 Å². The molecular formula is C31H28ClN3O2. The van der Waals surface area contributed by atoms with Crippen LogP contribution in [0.1, 0.15) is 36.7 Å². The number of hydrogen-bond donors (Lipinski definition) is 0. The lowest BCUT2D eigenvalue weighted by Crippen LogP contribution is -2.48. The van der Waals surface area contributed by atoms with Crippen molar-refractivity contribution in [3.05, 3.63) is 125 Å². The number of hydrogen-bond acceptors (Lipinski definition) is 2. The molecule has 5 nitrogen and oxygen atoms in total. The highest BCUT2D eigenvalue weighted by Gasteiger charge is 2.37. The zero-order valence-corrected chi connectivity index (χ0v) is 21.5. The number of para-hydroxylation sites is 2. The third-order valence-electron chi connectivity index (χ3n) is 6.58. The second-order valence-corrected chi connectivity index (χ2v) is 9.75. The Bertz CT molecular complexity index is 1460. The molecule has 1 aliphatic rings. The van der Waals surface area contributed by atoms with Crippen LogP contribution in [0.2, 0.25) is 5.02 Å². The Hall–Kier alpha value is -4.09. The molecule has 1 unspecified atom stereocenters. The summed E-state index contributed by atoms with van der Waals surface area (Å²) < 4.78 is 2.11. The second-order valence-electron chi connectivity index (χ2n) is 9.32. The van der Waals surface area contributed by atoms with Crippen LogP contribution in [0.25, 0.3) is 11.8 Å². The quantitative estimate of drug-likeness (QED) is 0.278. The van der Waals surface area contributed by atoms with Crippen LogP contribution in [0, 0.1) is 0 Å². The van der Waals surface area contributed by atoms with E-state index < -0.39 is 0 Å². The summed E-state index contributed by atoms with van der Waals surface area (Å²) in [4.78, 5) is 30.8. The van der Waals surface area contributed by atoms with Crippen LogP contribution in [0.5, 0.6) is 0 Å². The molecular weight excluding hydrogens is 482 g/mol. The Labute approximate surface area is 222 Å². The van der Waals surface area contributed by atoms with Crippen molar-refractivity contribution in [2.75, 3.05) is 11.4 Å². The number of aromatic nitrogens is 1. The van der Waals surface area contributed by atoms with Crippen molar-refractivity contribution < 1.29 is 9.59 Å². The monoisotopic (exact) mass is 509 g/mol. The maximum absolute atomic E-state index is 14.1. The van der Waals surface area contributed by atoms with E-state index in [1.54, 1.807) is 15.9 Å². The minimum Gasteiger partial charge on any atom is -0.327 e. The molecule has 1 atom stereocenters. The van der Waals surface area contributed by atoms with E-state index in [0.717, 1.165) is 28.2 Å². The van der Waals surface area contributed by atoms with Crippen molar-refractivity contribution >= 4 is 35.2 Å². The molecule has 4 aromatic rings. The molecule has 6 heteroatoms. The maximum atomic E-state index is 14.1. The molecule has 186 valence electrons. The van der Waals surface area contributed by atoms with E-state index in [2.05, 4.69) is 4.57 Å². The molecule has 5 rings (SSSR count). The fourth-order valence-corrected chi connectivity index (χ4v) is 5.02. The van der Waals surface area contributed by atoms with Crippen LogP contribution >= 0.6 is 11.6 Å². The highest BCUT2D eigenvalue weighted by atomic mass is 35.5. The number of fused-ring (bicyclic) bond motifs is 3. The van der Waals surface area contributed by atoms with Gasteiger partial charge in [0.25, 0.3) is 0 Å². The van der Waals surface area contributed by atoms with E-state index in [0.29, 0.717) is 5.02 Å². The van der Waals surface area contributed by atoms with Crippen LogP contribution in [0.3, 0.4) is 0 Å².